The van der Waals surface area contributed by atoms with Crippen molar-refractivity contribution in [2.45, 2.75) is 26.3 Å². The number of rotatable bonds is 3. The first-order chi connectivity index (χ1) is 11.2. The van der Waals surface area contributed by atoms with Gasteiger partial charge in [-0.05, 0) is 25.8 Å². The number of amides is 1. The van der Waals surface area contributed by atoms with Crippen molar-refractivity contribution in [2.24, 2.45) is 5.92 Å². The molecule has 0 N–H and O–H groups in total. The van der Waals surface area contributed by atoms with Gasteiger partial charge in [0.05, 0.1) is 12.1 Å². The van der Waals surface area contributed by atoms with Crippen LogP contribution in [0.25, 0.3) is 10.9 Å². The smallest absolute Gasteiger partial charge is 0.225 e. The highest BCUT2D eigenvalue weighted by Gasteiger charge is 2.34. The molecular formula is C18H22N4O. The second kappa shape index (κ2) is 5.89. The van der Waals surface area contributed by atoms with Gasteiger partial charge in [-0.25, -0.2) is 9.97 Å². The highest BCUT2D eigenvalue weighted by molar-refractivity contribution is 5.81. The number of carbonyl (C=O) groups excluding carboxylic acids is 1. The third kappa shape index (κ3) is 3.06. The first-order valence-electron chi connectivity index (χ1n) is 8.44. The van der Waals surface area contributed by atoms with E-state index in [1.165, 1.54) is 0 Å². The van der Waals surface area contributed by atoms with E-state index in [0.717, 1.165) is 68.0 Å². The SMILES string of the molecule is Cc1nc(CN2CCN(C(=O)C3CC3)CC2)nc2ccccc12. The molecule has 1 aliphatic heterocycles. The fraction of sp³-hybridized carbons (Fsp3) is 0.500. The summed E-state index contributed by atoms with van der Waals surface area (Å²) in [5.74, 6) is 1.57. The fourth-order valence-electron chi connectivity index (χ4n) is 3.28. The lowest BCUT2D eigenvalue weighted by atomic mass is 10.2. The van der Waals surface area contributed by atoms with Crippen molar-refractivity contribution in [1.82, 2.24) is 19.8 Å². The first-order valence-corrected chi connectivity index (χ1v) is 8.44. The van der Waals surface area contributed by atoms with Crippen LogP contribution < -0.4 is 0 Å². The first kappa shape index (κ1) is 14.6. The summed E-state index contributed by atoms with van der Waals surface area (Å²) in [6.45, 7) is 6.29. The van der Waals surface area contributed by atoms with Crippen LogP contribution in [0.5, 0.6) is 0 Å². The van der Waals surface area contributed by atoms with Gasteiger partial charge in [0.25, 0.3) is 0 Å². The van der Waals surface area contributed by atoms with E-state index in [-0.39, 0.29) is 0 Å². The third-order valence-electron chi connectivity index (χ3n) is 4.82. The van der Waals surface area contributed by atoms with Gasteiger partial charge in [-0.2, -0.15) is 0 Å². The molecule has 5 heteroatoms. The minimum atomic E-state index is 0.327. The molecule has 5 nitrogen and oxygen atoms in total. The Balaban J connectivity index is 1.42. The molecule has 23 heavy (non-hydrogen) atoms. The van der Waals surface area contributed by atoms with E-state index in [9.17, 15) is 4.79 Å². The minimum Gasteiger partial charge on any atom is -0.340 e. The molecule has 1 aromatic carbocycles. The number of fused-ring (bicyclic) bond motifs is 1. The summed E-state index contributed by atoms with van der Waals surface area (Å²) in [5.41, 5.74) is 2.05. The summed E-state index contributed by atoms with van der Waals surface area (Å²) < 4.78 is 0. The standard InChI is InChI=1S/C18H22N4O/c1-13-15-4-2-3-5-16(15)20-17(19-13)12-21-8-10-22(11-9-21)18(23)14-6-7-14/h2-5,14H,6-12H2,1H3. The van der Waals surface area contributed by atoms with E-state index in [2.05, 4.69) is 20.9 Å². The average molecular weight is 310 g/mol. The van der Waals surface area contributed by atoms with Crippen molar-refractivity contribution in [3.05, 3.63) is 35.8 Å². The summed E-state index contributed by atoms with van der Waals surface area (Å²) >= 11 is 0. The van der Waals surface area contributed by atoms with Crippen LogP contribution in [-0.2, 0) is 11.3 Å². The van der Waals surface area contributed by atoms with Gasteiger partial charge in [-0.1, -0.05) is 18.2 Å². The number of hydrogen-bond donors (Lipinski definition) is 0. The Morgan fingerprint density at radius 2 is 1.87 bits per heavy atom. The lowest BCUT2D eigenvalue weighted by Gasteiger charge is -2.34. The Hall–Kier alpha value is -2.01. The molecule has 2 aliphatic rings. The molecular weight excluding hydrogens is 288 g/mol. The van der Waals surface area contributed by atoms with E-state index in [1.807, 2.05) is 30.0 Å². The maximum absolute atomic E-state index is 12.1. The molecule has 0 atom stereocenters. The van der Waals surface area contributed by atoms with Crippen molar-refractivity contribution < 1.29 is 4.79 Å². The number of aromatic nitrogens is 2. The molecule has 120 valence electrons. The van der Waals surface area contributed by atoms with Crippen LogP contribution in [-0.4, -0.2) is 51.9 Å². The highest BCUT2D eigenvalue weighted by atomic mass is 16.2. The van der Waals surface area contributed by atoms with Crippen LogP contribution in [0.2, 0.25) is 0 Å². The summed E-state index contributed by atoms with van der Waals surface area (Å²) in [6.07, 6.45) is 2.17. The van der Waals surface area contributed by atoms with Crippen LogP contribution in [0.4, 0.5) is 0 Å². The molecule has 2 fully saturated rings. The van der Waals surface area contributed by atoms with Gasteiger partial charge in [-0.3, -0.25) is 9.69 Å². The van der Waals surface area contributed by atoms with E-state index in [4.69, 9.17) is 0 Å². The molecule has 0 bridgehead atoms. The third-order valence-corrected chi connectivity index (χ3v) is 4.82. The van der Waals surface area contributed by atoms with Gasteiger partial charge >= 0.3 is 0 Å². The van der Waals surface area contributed by atoms with Gasteiger partial charge < -0.3 is 4.90 Å². The van der Waals surface area contributed by atoms with Gasteiger partial charge in [0.1, 0.15) is 5.82 Å². The Morgan fingerprint density at radius 1 is 1.13 bits per heavy atom. The number of para-hydroxylation sites is 1. The van der Waals surface area contributed by atoms with Crippen LogP contribution >= 0.6 is 0 Å². The second-order valence-corrected chi connectivity index (χ2v) is 6.62. The van der Waals surface area contributed by atoms with Crippen molar-refractivity contribution in [2.75, 3.05) is 26.2 Å². The zero-order valence-corrected chi connectivity index (χ0v) is 13.5. The van der Waals surface area contributed by atoms with Crippen molar-refractivity contribution in [3.63, 3.8) is 0 Å². The Morgan fingerprint density at radius 3 is 2.61 bits per heavy atom. The molecule has 2 heterocycles. The van der Waals surface area contributed by atoms with Crippen molar-refractivity contribution in [3.8, 4) is 0 Å². The largest absolute Gasteiger partial charge is 0.340 e. The topological polar surface area (TPSA) is 49.3 Å². The summed E-state index contributed by atoms with van der Waals surface area (Å²) in [6, 6.07) is 8.14. The number of carbonyl (C=O) groups is 1. The molecule has 1 saturated carbocycles. The van der Waals surface area contributed by atoms with Crippen LogP contribution in [0, 0.1) is 12.8 Å². The Labute approximate surface area is 136 Å². The normalized spacial score (nSPS) is 19.3. The number of benzene rings is 1. The molecule has 1 saturated heterocycles. The molecule has 4 rings (SSSR count). The average Bonchev–Trinajstić information content (AvgIpc) is 3.40. The second-order valence-electron chi connectivity index (χ2n) is 6.62. The monoisotopic (exact) mass is 310 g/mol. The van der Waals surface area contributed by atoms with E-state index < -0.39 is 0 Å². The predicted octanol–water partition coefficient (Wildman–Crippen LogP) is 1.99. The Kier molecular flexibility index (Phi) is 3.73. The van der Waals surface area contributed by atoms with Crippen LogP contribution in [0.3, 0.4) is 0 Å². The van der Waals surface area contributed by atoms with Crippen LogP contribution in [0.1, 0.15) is 24.4 Å². The quantitative estimate of drug-likeness (QED) is 0.870. The lowest BCUT2D eigenvalue weighted by molar-refractivity contribution is -0.134. The van der Waals surface area contributed by atoms with Gasteiger partial charge in [0.15, 0.2) is 0 Å². The van der Waals surface area contributed by atoms with E-state index in [1.54, 1.807) is 0 Å². The van der Waals surface area contributed by atoms with Crippen molar-refractivity contribution in [1.29, 1.82) is 0 Å². The van der Waals surface area contributed by atoms with Gasteiger partial charge in [0, 0.05) is 43.2 Å². The van der Waals surface area contributed by atoms with Crippen LogP contribution in [0.15, 0.2) is 24.3 Å². The van der Waals surface area contributed by atoms with E-state index in [0.29, 0.717) is 11.8 Å². The maximum Gasteiger partial charge on any atom is 0.225 e. The maximum atomic E-state index is 12.1. The molecule has 0 radical (unpaired) electrons. The number of hydrogen-bond acceptors (Lipinski definition) is 4. The highest BCUT2D eigenvalue weighted by Crippen LogP contribution is 2.31. The molecule has 1 aliphatic carbocycles. The number of nitrogens with zero attached hydrogens (tertiary/aromatic N) is 4. The zero-order valence-electron chi connectivity index (χ0n) is 13.5. The summed E-state index contributed by atoms with van der Waals surface area (Å²) in [4.78, 5) is 25.8. The Bertz CT molecular complexity index is 733. The molecule has 1 amide bonds. The van der Waals surface area contributed by atoms with Gasteiger partial charge in [-0.15, -0.1) is 0 Å². The number of aryl methyl sites for hydroxylation is 1. The van der Waals surface area contributed by atoms with Crippen molar-refractivity contribution >= 4 is 16.8 Å². The predicted molar refractivity (Wildman–Crippen MR) is 88.9 cm³/mol. The summed E-state index contributed by atoms with van der Waals surface area (Å²) in [5, 5.41) is 1.12. The van der Waals surface area contributed by atoms with E-state index >= 15 is 0 Å². The zero-order chi connectivity index (χ0) is 15.8. The lowest BCUT2D eigenvalue weighted by Crippen LogP contribution is -2.48. The molecule has 1 aromatic heterocycles. The number of piperazine rings is 1. The fourth-order valence-corrected chi connectivity index (χ4v) is 3.28. The molecule has 2 aromatic rings. The molecule has 0 spiro atoms. The summed E-state index contributed by atoms with van der Waals surface area (Å²) in [7, 11) is 0. The molecule has 0 unspecified atom stereocenters. The van der Waals surface area contributed by atoms with Gasteiger partial charge in [0.2, 0.25) is 5.91 Å². The minimum absolute atomic E-state index is 0.327.